The predicted octanol–water partition coefficient (Wildman–Crippen LogP) is 6.24. The number of benzene rings is 8. The zero-order valence-electron chi connectivity index (χ0n) is 24.4. The van der Waals surface area contributed by atoms with E-state index in [2.05, 4.69) is 144 Å². The molecule has 45 heavy (non-hydrogen) atoms. The smallest absolute Gasteiger partial charge is 0.248 e. The van der Waals surface area contributed by atoms with Gasteiger partial charge >= 0.3 is 0 Å². The standard InChI is InChI=1S/C42H23B2N/c1-3-12-26-24(10-1)25-11-2-4-13-27(25)32-23-37-33(22-31(26)32)30-16-8-21-39-41(30)44(37)36-19-9-18-35-42(36)45(39)38-20-7-15-29-28-14-5-6-17-34(28)43(35)40(29)38/h1-23H. The molecule has 0 bridgehead atoms. The Bertz CT molecular complexity index is 2690. The van der Waals surface area contributed by atoms with Gasteiger partial charge in [0.1, 0.15) is 0 Å². The van der Waals surface area contributed by atoms with Gasteiger partial charge in [-0.2, -0.15) is 0 Å². The Morgan fingerprint density at radius 3 is 1.47 bits per heavy atom. The van der Waals surface area contributed by atoms with E-state index in [1.54, 1.807) is 0 Å². The number of hydrogen-bond donors (Lipinski definition) is 0. The number of fused-ring (bicyclic) bond motifs is 16. The van der Waals surface area contributed by atoms with Crippen molar-refractivity contribution in [3.63, 3.8) is 0 Å². The molecule has 1 nitrogen and oxygen atoms in total. The van der Waals surface area contributed by atoms with Crippen LogP contribution in [-0.4, -0.2) is 13.4 Å². The highest BCUT2D eigenvalue weighted by molar-refractivity contribution is 7.05. The van der Waals surface area contributed by atoms with E-state index in [9.17, 15) is 0 Å². The Kier molecular flexibility index (Phi) is 3.95. The maximum absolute atomic E-state index is 2.61. The minimum Gasteiger partial charge on any atom is -0.312 e. The lowest BCUT2D eigenvalue weighted by Crippen LogP contribution is -2.62. The Balaban J connectivity index is 1.22. The third kappa shape index (κ3) is 2.56. The van der Waals surface area contributed by atoms with Gasteiger partial charge in [0.2, 0.25) is 13.4 Å². The van der Waals surface area contributed by atoms with Gasteiger partial charge in [-0.15, -0.1) is 0 Å². The number of nitrogens with zero attached hydrogens (tertiary/aromatic N) is 1. The molecule has 0 fully saturated rings. The second kappa shape index (κ2) is 7.75. The molecule has 8 aromatic rings. The van der Waals surface area contributed by atoms with Gasteiger partial charge in [0.05, 0.1) is 0 Å². The van der Waals surface area contributed by atoms with E-state index in [-0.39, 0.29) is 13.4 Å². The minimum atomic E-state index is 0.202. The van der Waals surface area contributed by atoms with E-state index >= 15 is 0 Å². The molecule has 4 heterocycles. The summed E-state index contributed by atoms with van der Waals surface area (Å²) < 4.78 is 0. The van der Waals surface area contributed by atoms with Crippen LogP contribution in [-0.2, 0) is 0 Å². The maximum Gasteiger partial charge on any atom is 0.248 e. The lowest BCUT2D eigenvalue weighted by atomic mass is 9.32. The summed E-state index contributed by atoms with van der Waals surface area (Å²) in [6, 6.07) is 53.0. The summed E-state index contributed by atoms with van der Waals surface area (Å²) in [5.41, 5.74) is 18.2. The average molecular weight is 563 g/mol. The van der Waals surface area contributed by atoms with Crippen LogP contribution in [0.25, 0.3) is 54.6 Å². The second-order valence-electron chi connectivity index (χ2n) is 13.1. The highest BCUT2D eigenvalue weighted by atomic mass is 15.2. The van der Waals surface area contributed by atoms with Crippen LogP contribution in [0.1, 0.15) is 0 Å². The number of anilines is 3. The third-order valence-electron chi connectivity index (χ3n) is 11.2. The topological polar surface area (TPSA) is 3.24 Å². The summed E-state index contributed by atoms with van der Waals surface area (Å²) in [5, 5.41) is 8.02. The first-order valence-electron chi connectivity index (χ1n) is 16.0. The third-order valence-corrected chi connectivity index (χ3v) is 11.2. The lowest BCUT2D eigenvalue weighted by molar-refractivity contribution is 1.31. The summed E-state index contributed by atoms with van der Waals surface area (Å²) in [6.45, 7) is 0.463. The van der Waals surface area contributed by atoms with E-state index in [0.29, 0.717) is 0 Å². The van der Waals surface area contributed by atoms with Crippen molar-refractivity contribution in [1.29, 1.82) is 0 Å². The van der Waals surface area contributed by atoms with E-state index in [1.807, 2.05) is 0 Å². The molecule has 202 valence electrons. The summed E-state index contributed by atoms with van der Waals surface area (Å²) in [5.74, 6) is 0. The molecule has 0 atom stereocenters. The molecule has 0 saturated carbocycles. The van der Waals surface area contributed by atoms with E-state index in [4.69, 9.17) is 0 Å². The molecule has 0 radical (unpaired) electrons. The van der Waals surface area contributed by atoms with Gasteiger partial charge in [-0.05, 0) is 94.6 Å². The van der Waals surface area contributed by atoms with Crippen LogP contribution in [0, 0.1) is 0 Å². The maximum atomic E-state index is 2.61. The van der Waals surface area contributed by atoms with Crippen molar-refractivity contribution in [3.8, 4) is 22.3 Å². The van der Waals surface area contributed by atoms with Crippen molar-refractivity contribution in [1.82, 2.24) is 0 Å². The van der Waals surface area contributed by atoms with E-state index < -0.39 is 0 Å². The molecule has 0 aromatic heterocycles. The molecule has 0 spiro atoms. The fraction of sp³-hybridized carbons (Fsp3) is 0. The molecular weight excluding hydrogens is 540 g/mol. The van der Waals surface area contributed by atoms with Crippen LogP contribution >= 0.6 is 0 Å². The molecular formula is C42H23B2N. The molecule has 4 aliphatic heterocycles. The second-order valence-corrected chi connectivity index (χ2v) is 13.1. The summed E-state index contributed by atoms with van der Waals surface area (Å²) >= 11 is 0. The van der Waals surface area contributed by atoms with Crippen LogP contribution in [0.2, 0.25) is 0 Å². The highest BCUT2D eigenvalue weighted by Gasteiger charge is 2.49. The molecule has 0 amide bonds. The van der Waals surface area contributed by atoms with E-state index in [1.165, 1.54) is 104 Å². The summed E-state index contributed by atoms with van der Waals surface area (Å²) in [4.78, 5) is 2.61. The Labute approximate surface area is 261 Å². The normalized spacial score (nSPS) is 14.1. The van der Waals surface area contributed by atoms with Gasteiger partial charge in [0.25, 0.3) is 0 Å². The number of para-hydroxylation sites is 1. The highest BCUT2D eigenvalue weighted by Crippen LogP contribution is 2.45. The fourth-order valence-electron chi connectivity index (χ4n) is 9.64. The zero-order valence-corrected chi connectivity index (χ0v) is 24.4. The van der Waals surface area contributed by atoms with Crippen LogP contribution in [0.5, 0.6) is 0 Å². The van der Waals surface area contributed by atoms with Crippen molar-refractivity contribution in [3.05, 3.63) is 140 Å². The average Bonchev–Trinajstić information content (AvgIpc) is 3.62. The fourth-order valence-corrected chi connectivity index (χ4v) is 9.64. The number of hydrogen-bond acceptors (Lipinski definition) is 1. The van der Waals surface area contributed by atoms with Crippen LogP contribution < -0.4 is 37.7 Å². The Morgan fingerprint density at radius 2 is 0.800 bits per heavy atom. The SMILES string of the molecule is c1ccc2c(c1)B1c3cccc4c3N(c3cccc-2c31)c1cccc2c1B4c1cc3c4ccccc4c4ccccc4c3cc1-2. The van der Waals surface area contributed by atoms with Crippen molar-refractivity contribution in [2.75, 3.05) is 4.90 Å². The molecule has 0 N–H and O–H groups in total. The molecule has 0 aliphatic carbocycles. The first-order chi connectivity index (χ1) is 22.4. The van der Waals surface area contributed by atoms with Crippen LogP contribution in [0.15, 0.2) is 140 Å². The Hall–Kier alpha value is -5.53. The van der Waals surface area contributed by atoms with Gasteiger partial charge < -0.3 is 4.90 Å². The first kappa shape index (κ1) is 22.9. The summed E-state index contributed by atoms with van der Waals surface area (Å²) in [7, 11) is 0. The quantitative estimate of drug-likeness (QED) is 0.156. The van der Waals surface area contributed by atoms with Crippen LogP contribution in [0.3, 0.4) is 0 Å². The van der Waals surface area contributed by atoms with Gasteiger partial charge in [-0.1, -0.05) is 132 Å². The molecule has 0 unspecified atom stereocenters. The van der Waals surface area contributed by atoms with Crippen LogP contribution in [0.4, 0.5) is 17.1 Å². The summed E-state index contributed by atoms with van der Waals surface area (Å²) in [6.07, 6.45) is 0. The van der Waals surface area contributed by atoms with Crippen molar-refractivity contribution < 1.29 is 0 Å². The lowest BCUT2D eigenvalue weighted by Gasteiger charge is -2.42. The largest absolute Gasteiger partial charge is 0.312 e. The molecule has 0 saturated heterocycles. The zero-order chi connectivity index (χ0) is 29.0. The number of rotatable bonds is 0. The minimum absolute atomic E-state index is 0.202. The Morgan fingerprint density at radius 1 is 0.333 bits per heavy atom. The van der Waals surface area contributed by atoms with Gasteiger partial charge in [-0.3, -0.25) is 0 Å². The van der Waals surface area contributed by atoms with Gasteiger partial charge in [0.15, 0.2) is 0 Å². The van der Waals surface area contributed by atoms with Crippen molar-refractivity contribution in [2.45, 2.75) is 0 Å². The van der Waals surface area contributed by atoms with Gasteiger partial charge in [-0.25, -0.2) is 0 Å². The first-order valence-corrected chi connectivity index (χ1v) is 16.0. The van der Waals surface area contributed by atoms with Crippen molar-refractivity contribution >= 4 is 95.6 Å². The molecule has 4 aliphatic rings. The molecule has 8 aromatic carbocycles. The van der Waals surface area contributed by atoms with E-state index in [0.717, 1.165) is 0 Å². The van der Waals surface area contributed by atoms with Gasteiger partial charge in [0, 0.05) is 17.1 Å². The predicted molar refractivity (Wildman–Crippen MR) is 194 cm³/mol. The molecule has 3 heteroatoms. The van der Waals surface area contributed by atoms with Crippen molar-refractivity contribution in [2.24, 2.45) is 0 Å². The molecule has 12 rings (SSSR count). The monoisotopic (exact) mass is 563 g/mol.